The van der Waals surface area contributed by atoms with E-state index in [4.69, 9.17) is 11.6 Å². The third-order valence-corrected chi connectivity index (χ3v) is 2.85. The number of ether oxygens (including phenoxy) is 1. The highest BCUT2D eigenvalue weighted by Gasteiger charge is 2.09. The Hall–Kier alpha value is -1.35. The van der Waals surface area contributed by atoms with Crippen LogP contribution >= 0.6 is 11.6 Å². The Morgan fingerprint density at radius 2 is 2.18 bits per heavy atom. The molecule has 1 aromatic carbocycles. The number of carbonyl (C=O) groups is 2. The molecule has 0 aliphatic rings. The SMILES string of the molecule is CC(C)C(=O)CCc1ccc(OC=O)cc1Cl. The molecule has 0 heterocycles. The molecule has 0 amide bonds. The van der Waals surface area contributed by atoms with Crippen molar-refractivity contribution in [3.8, 4) is 5.75 Å². The number of aryl methyl sites for hydroxylation is 1. The zero-order valence-corrected chi connectivity index (χ0v) is 10.7. The van der Waals surface area contributed by atoms with Crippen molar-refractivity contribution in [3.63, 3.8) is 0 Å². The Morgan fingerprint density at radius 1 is 1.47 bits per heavy atom. The highest BCUT2D eigenvalue weighted by molar-refractivity contribution is 6.31. The van der Waals surface area contributed by atoms with Gasteiger partial charge in [0.15, 0.2) is 0 Å². The topological polar surface area (TPSA) is 43.4 Å². The molecule has 0 radical (unpaired) electrons. The second-order valence-electron chi connectivity index (χ2n) is 4.09. The van der Waals surface area contributed by atoms with E-state index in [0.29, 0.717) is 30.1 Å². The van der Waals surface area contributed by atoms with Gasteiger partial charge in [-0.25, -0.2) is 0 Å². The first-order valence-electron chi connectivity index (χ1n) is 5.46. The van der Waals surface area contributed by atoms with Crippen LogP contribution in [0, 0.1) is 5.92 Å². The number of hydrogen-bond donors (Lipinski definition) is 0. The average Bonchev–Trinajstić information content (AvgIpc) is 2.27. The van der Waals surface area contributed by atoms with E-state index in [-0.39, 0.29) is 11.7 Å². The molecule has 1 aromatic rings. The third-order valence-electron chi connectivity index (χ3n) is 2.49. The molecular weight excluding hydrogens is 240 g/mol. The number of ketones is 1. The van der Waals surface area contributed by atoms with Gasteiger partial charge in [-0.3, -0.25) is 9.59 Å². The maximum Gasteiger partial charge on any atom is 0.298 e. The van der Waals surface area contributed by atoms with Crippen molar-refractivity contribution in [1.82, 2.24) is 0 Å². The van der Waals surface area contributed by atoms with Crippen LogP contribution in [0.15, 0.2) is 18.2 Å². The van der Waals surface area contributed by atoms with Gasteiger partial charge in [-0.05, 0) is 24.1 Å². The molecule has 0 fully saturated rings. The number of halogens is 1. The molecule has 0 atom stereocenters. The summed E-state index contributed by atoms with van der Waals surface area (Å²) in [7, 11) is 0. The van der Waals surface area contributed by atoms with Gasteiger partial charge in [0.1, 0.15) is 11.5 Å². The summed E-state index contributed by atoms with van der Waals surface area (Å²) >= 11 is 6.02. The molecule has 0 aliphatic heterocycles. The fourth-order valence-electron chi connectivity index (χ4n) is 1.41. The summed E-state index contributed by atoms with van der Waals surface area (Å²) in [6.07, 6.45) is 1.09. The van der Waals surface area contributed by atoms with E-state index in [1.54, 1.807) is 18.2 Å². The summed E-state index contributed by atoms with van der Waals surface area (Å²) < 4.78 is 4.67. The fourth-order valence-corrected chi connectivity index (χ4v) is 1.67. The second kappa shape index (κ2) is 6.40. The van der Waals surface area contributed by atoms with Gasteiger partial charge in [0.25, 0.3) is 6.47 Å². The Morgan fingerprint density at radius 3 is 2.71 bits per heavy atom. The monoisotopic (exact) mass is 254 g/mol. The smallest absolute Gasteiger partial charge is 0.298 e. The normalized spacial score (nSPS) is 10.4. The highest BCUT2D eigenvalue weighted by atomic mass is 35.5. The minimum Gasteiger partial charge on any atom is -0.429 e. The van der Waals surface area contributed by atoms with E-state index in [9.17, 15) is 9.59 Å². The first-order valence-corrected chi connectivity index (χ1v) is 5.84. The van der Waals surface area contributed by atoms with Crippen molar-refractivity contribution in [3.05, 3.63) is 28.8 Å². The van der Waals surface area contributed by atoms with Crippen molar-refractivity contribution in [2.24, 2.45) is 5.92 Å². The van der Waals surface area contributed by atoms with Crippen LogP contribution in [0.1, 0.15) is 25.8 Å². The molecule has 3 nitrogen and oxygen atoms in total. The van der Waals surface area contributed by atoms with Crippen molar-refractivity contribution in [2.75, 3.05) is 0 Å². The van der Waals surface area contributed by atoms with E-state index in [1.807, 2.05) is 13.8 Å². The molecule has 0 saturated carbocycles. The average molecular weight is 255 g/mol. The largest absolute Gasteiger partial charge is 0.429 e. The third kappa shape index (κ3) is 4.19. The predicted molar refractivity (Wildman–Crippen MR) is 66.3 cm³/mol. The van der Waals surface area contributed by atoms with Crippen LogP contribution in [0.25, 0.3) is 0 Å². The Balaban J connectivity index is 2.66. The summed E-state index contributed by atoms with van der Waals surface area (Å²) in [6, 6.07) is 5.01. The highest BCUT2D eigenvalue weighted by Crippen LogP contribution is 2.23. The molecule has 4 heteroatoms. The van der Waals surface area contributed by atoms with Gasteiger partial charge in [-0.1, -0.05) is 31.5 Å². The van der Waals surface area contributed by atoms with Gasteiger partial charge in [0, 0.05) is 17.4 Å². The predicted octanol–water partition coefficient (Wildman–Crippen LogP) is 3.03. The second-order valence-corrected chi connectivity index (χ2v) is 4.50. The van der Waals surface area contributed by atoms with Gasteiger partial charge in [0.2, 0.25) is 0 Å². The minimum absolute atomic E-state index is 0.0476. The lowest BCUT2D eigenvalue weighted by molar-refractivity contribution is -0.122. The lowest BCUT2D eigenvalue weighted by Crippen LogP contribution is -2.08. The molecule has 92 valence electrons. The van der Waals surface area contributed by atoms with Crippen molar-refractivity contribution >= 4 is 23.9 Å². The fraction of sp³-hybridized carbons (Fsp3) is 0.385. The maximum atomic E-state index is 11.5. The maximum absolute atomic E-state index is 11.5. The first kappa shape index (κ1) is 13.7. The van der Waals surface area contributed by atoms with Gasteiger partial charge in [0.05, 0.1) is 0 Å². The quantitative estimate of drug-likeness (QED) is 0.733. The van der Waals surface area contributed by atoms with Crippen molar-refractivity contribution in [2.45, 2.75) is 26.7 Å². The van der Waals surface area contributed by atoms with E-state index in [2.05, 4.69) is 4.74 Å². The van der Waals surface area contributed by atoms with Crippen molar-refractivity contribution in [1.29, 1.82) is 0 Å². The Labute approximate surface area is 106 Å². The van der Waals surface area contributed by atoms with E-state index in [0.717, 1.165) is 5.56 Å². The lowest BCUT2D eigenvalue weighted by Gasteiger charge is -2.07. The molecule has 0 aromatic heterocycles. The molecular formula is C13H15ClO3. The van der Waals surface area contributed by atoms with Gasteiger partial charge < -0.3 is 4.74 Å². The van der Waals surface area contributed by atoms with Crippen LogP contribution in [0.2, 0.25) is 5.02 Å². The van der Waals surface area contributed by atoms with Crippen LogP contribution in [0.3, 0.4) is 0 Å². The summed E-state index contributed by atoms with van der Waals surface area (Å²) in [5.74, 6) is 0.671. The van der Waals surface area contributed by atoms with Crippen LogP contribution in [0.5, 0.6) is 5.75 Å². The zero-order valence-electron chi connectivity index (χ0n) is 9.90. The number of hydrogen-bond acceptors (Lipinski definition) is 3. The lowest BCUT2D eigenvalue weighted by atomic mass is 10.0. The Kier molecular flexibility index (Phi) is 5.16. The van der Waals surface area contributed by atoms with Crippen LogP contribution in [-0.4, -0.2) is 12.3 Å². The van der Waals surface area contributed by atoms with Crippen LogP contribution in [0.4, 0.5) is 0 Å². The van der Waals surface area contributed by atoms with Gasteiger partial charge >= 0.3 is 0 Å². The molecule has 0 bridgehead atoms. The van der Waals surface area contributed by atoms with Crippen LogP contribution in [-0.2, 0) is 16.0 Å². The molecule has 1 rings (SSSR count). The van der Waals surface area contributed by atoms with Gasteiger partial charge in [-0.15, -0.1) is 0 Å². The number of carbonyl (C=O) groups excluding carboxylic acids is 2. The zero-order chi connectivity index (χ0) is 12.8. The Bertz CT molecular complexity index is 413. The van der Waals surface area contributed by atoms with E-state index >= 15 is 0 Å². The summed E-state index contributed by atoms with van der Waals surface area (Å²) in [4.78, 5) is 21.6. The summed E-state index contributed by atoms with van der Waals surface area (Å²) in [5.41, 5.74) is 0.888. The van der Waals surface area contributed by atoms with E-state index in [1.165, 1.54) is 0 Å². The summed E-state index contributed by atoms with van der Waals surface area (Å²) in [5, 5.41) is 0.515. The molecule has 0 aliphatic carbocycles. The van der Waals surface area contributed by atoms with Crippen LogP contribution < -0.4 is 4.74 Å². The molecule has 0 saturated heterocycles. The molecule has 0 spiro atoms. The number of Topliss-reactive ketones (excluding diaryl/α,β-unsaturated/α-hetero) is 1. The standard InChI is InChI=1S/C13H15ClO3/c1-9(2)13(16)6-4-10-3-5-11(17-8-15)7-12(10)14/h3,5,7-9H,4,6H2,1-2H3. The molecule has 0 unspecified atom stereocenters. The van der Waals surface area contributed by atoms with Crippen molar-refractivity contribution < 1.29 is 14.3 Å². The van der Waals surface area contributed by atoms with Gasteiger partial charge in [-0.2, -0.15) is 0 Å². The first-order chi connectivity index (χ1) is 8.04. The van der Waals surface area contributed by atoms with E-state index < -0.39 is 0 Å². The summed E-state index contributed by atoms with van der Waals surface area (Å²) in [6.45, 7) is 4.11. The number of rotatable bonds is 6. The minimum atomic E-state index is 0.0476. The molecule has 0 N–H and O–H groups in total. The number of benzene rings is 1. The molecule has 17 heavy (non-hydrogen) atoms.